The van der Waals surface area contributed by atoms with Gasteiger partial charge < -0.3 is 15.6 Å². The van der Waals surface area contributed by atoms with E-state index in [4.69, 9.17) is 10.5 Å². The molecule has 5 heteroatoms. The first-order chi connectivity index (χ1) is 10.7. The summed E-state index contributed by atoms with van der Waals surface area (Å²) in [7, 11) is 0. The molecular weight excluding hydrogens is 283 g/mol. The summed E-state index contributed by atoms with van der Waals surface area (Å²) in [5, 5.41) is 11.9. The van der Waals surface area contributed by atoms with Gasteiger partial charge >= 0.3 is 0 Å². The Morgan fingerprint density at radius 2 is 2.23 bits per heavy atom. The first-order valence-electron chi connectivity index (χ1n) is 7.85. The van der Waals surface area contributed by atoms with Gasteiger partial charge in [0.2, 0.25) is 5.36 Å². The maximum atomic E-state index is 12.5. The van der Waals surface area contributed by atoms with E-state index in [0.29, 0.717) is 31.7 Å². The Morgan fingerprint density at radius 3 is 3.00 bits per heavy atom. The van der Waals surface area contributed by atoms with Gasteiger partial charge in [-0.1, -0.05) is 0 Å². The molecule has 0 spiro atoms. The van der Waals surface area contributed by atoms with Gasteiger partial charge in [-0.3, -0.25) is 4.39 Å². The van der Waals surface area contributed by atoms with E-state index in [1.807, 2.05) is 6.07 Å². The standard InChI is InChI=1S/C17H21FN2O2/c18-5-2-8-20-7-1-3-13-9-14-12(4-6-19)10-17(21)22-16(14)11-15(13)20/h9-11H,1-8,19H2/p+1. The number of aryl methyl sites for hydroxylation is 1. The fourth-order valence-electron chi connectivity index (χ4n) is 3.24. The van der Waals surface area contributed by atoms with Crippen LogP contribution in [0.5, 0.6) is 5.75 Å². The van der Waals surface area contributed by atoms with Crippen LogP contribution in [0.15, 0.2) is 24.2 Å². The molecular formula is C17H22FN2O2+. The van der Waals surface area contributed by atoms with Gasteiger partial charge in [0.05, 0.1) is 12.7 Å². The molecule has 4 nitrogen and oxygen atoms in total. The van der Waals surface area contributed by atoms with E-state index < -0.39 is 0 Å². The first-order valence-corrected chi connectivity index (χ1v) is 7.85. The maximum Gasteiger partial charge on any atom is 0.282 e. The van der Waals surface area contributed by atoms with Gasteiger partial charge in [-0.15, -0.1) is 0 Å². The molecule has 0 radical (unpaired) electrons. The van der Waals surface area contributed by atoms with E-state index in [-0.39, 0.29) is 12.6 Å². The lowest BCUT2D eigenvalue weighted by Crippen LogP contribution is -2.39. The SMILES string of the molecule is NCCC1=c2cc3c(cc2OC(O)=C1)=[N+](CCCF)CCC3. The molecule has 22 heavy (non-hydrogen) atoms. The van der Waals surface area contributed by atoms with Gasteiger partial charge in [-0.05, 0) is 31.0 Å². The number of ether oxygens (including phenoxy) is 1. The molecule has 2 aliphatic heterocycles. The van der Waals surface area contributed by atoms with Crippen LogP contribution in [-0.2, 0) is 6.42 Å². The van der Waals surface area contributed by atoms with Crippen LogP contribution in [0.25, 0.3) is 5.57 Å². The molecule has 0 amide bonds. The number of benzene rings is 1. The van der Waals surface area contributed by atoms with Crippen molar-refractivity contribution in [3.05, 3.63) is 40.3 Å². The number of nitrogens with two attached hydrogens (primary N) is 1. The van der Waals surface area contributed by atoms with E-state index >= 15 is 0 Å². The summed E-state index contributed by atoms with van der Waals surface area (Å²) in [6.45, 7) is 1.87. The zero-order valence-corrected chi connectivity index (χ0v) is 12.6. The van der Waals surface area contributed by atoms with Crippen molar-refractivity contribution in [1.82, 2.24) is 4.58 Å². The van der Waals surface area contributed by atoms with Crippen LogP contribution in [0.4, 0.5) is 4.39 Å². The molecule has 0 aliphatic carbocycles. The molecule has 2 aliphatic rings. The topological polar surface area (TPSA) is 58.5 Å². The zero-order chi connectivity index (χ0) is 15.5. The number of aliphatic hydroxyl groups excluding tert-OH is 1. The van der Waals surface area contributed by atoms with Crippen molar-refractivity contribution in [1.29, 1.82) is 0 Å². The van der Waals surface area contributed by atoms with Gasteiger partial charge in [0, 0.05) is 29.7 Å². The average molecular weight is 305 g/mol. The number of fused-ring (bicyclic) bond motifs is 2. The minimum Gasteiger partial charge on any atom is -0.481 e. The lowest BCUT2D eigenvalue weighted by Gasteiger charge is -2.17. The van der Waals surface area contributed by atoms with E-state index in [0.717, 1.165) is 35.5 Å². The van der Waals surface area contributed by atoms with Crippen molar-refractivity contribution in [2.24, 2.45) is 5.73 Å². The third-order valence-electron chi connectivity index (χ3n) is 4.23. The Balaban J connectivity index is 2.17. The molecule has 1 aromatic rings. The van der Waals surface area contributed by atoms with E-state index in [1.165, 1.54) is 5.56 Å². The maximum absolute atomic E-state index is 12.5. The number of hydrogen-bond acceptors (Lipinski definition) is 3. The van der Waals surface area contributed by atoms with Crippen molar-refractivity contribution < 1.29 is 14.2 Å². The van der Waals surface area contributed by atoms with Crippen LogP contribution in [0, 0.1) is 0 Å². The summed E-state index contributed by atoms with van der Waals surface area (Å²) in [4.78, 5) is 0. The van der Waals surface area contributed by atoms with Crippen LogP contribution >= 0.6 is 0 Å². The Kier molecular flexibility index (Phi) is 4.43. The summed E-state index contributed by atoms with van der Waals surface area (Å²) in [5.41, 5.74) is 7.93. The number of hydrogen-bond donors (Lipinski definition) is 2. The summed E-state index contributed by atoms with van der Waals surface area (Å²) >= 11 is 0. The van der Waals surface area contributed by atoms with Crippen LogP contribution in [0.3, 0.4) is 0 Å². The number of rotatable bonds is 5. The molecule has 2 heterocycles. The fraction of sp³-hybridized carbons (Fsp3) is 0.471. The van der Waals surface area contributed by atoms with Crippen LogP contribution < -0.4 is 25.6 Å². The summed E-state index contributed by atoms with van der Waals surface area (Å²) in [5.74, 6) is 0.566. The van der Waals surface area contributed by atoms with Gasteiger partial charge in [-0.2, -0.15) is 0 Å². The highest BCUT2D eigenvalue weighted by Gasteiger charge is 2.20. The van der Waals surface area contributed by atoms with Gasteiger partial charge in [0.25, 0.3) is 5.95 Å². The molecule has 118 valence electrons. The van der Waals surface area contributed by atoms with Crippen molar-refractivity contribution >= 4 is 5.57 Å². The monoisotopic (exact) mass is 305 g/mol. The third-order valence-corrected chi connectivity index (χ3v) is 4.23. The molecule has 0 saturated carbocycles. The second kappa shape index (κ2) is 6.48. The highest BCUT2D eigenvalue weighted by Crippen LogP contribution is 2.18. The molecule has 0 aromatic heterocycles. The fourth-order valence-corrected chi connectivity index (χ4v) is 3.24. The summed E-state index contributed by atoms with van der Waals surface area (Å²) in [6, 6.07) is 4.11. The second-order valence-corrected chi connectivity index (χ2v) is 5.76. The quantitative estimate of drug-likeness (QED) is 0.790. The zero-order valence-electron chi connectivity index (χ0n) is 12.6. The molecule has 0 bridgehead atoms. The van der Waals surface area contributed by atoms with E-state index in [2.05, 4.69) is 10.6 Å². The molecule has 3 N–H and O–H groups in total. The Morgan fingerprint density at radius 1 is 1.36 bits per heavy atom. The smallest absolute Gasteiger partial charge is 0.282 e. The van der Waals surface area contributed by atoms with Gasteiger partial charge in [0.1, 0.15) is 18.8 Å². The lowest BCUT2D eigenvalue weighted by atomic mass is 9.99. The first kappa shape index (κ1) is 15.0. The number of aliphatic hydroxyl groups is 1. The number of alkyl halides is 1. The van der Waals surface area contributed by atoms with E-state index in [9.17, 15) is 9.50 Å². The Labute approximate surface area is 129 Å². The highest BCUT2D eigenvalue weighted by atomic mass is 19.1. The molecule has 0 unspecified atom stereocenters. The van der Waals surface area contributed by atoms with Crippen LogP contribution in [-0.4, -0.2) is 31.4 Å². The largest absolute Gasteiger partial charge is 0.481 e. The molecule has 1 aromatic carbocycles. The minimum absolute atomic E-state index is 0.0954. The Hall–Kier alpha value is -1.88. The predicted molar refractivity (Wildman–Crippen MR) is 84.0 cm³/mol. The van der Waals surface area contributed by atoms with Crippen molar-refractivity contribution in [3.63, 3.8) is 0 Å². The summed E-state index contributed by atoms with van der Waals surface area (Å²) < 4.78 is 20.2. The third kappa shape index (κ3) is 2.86. The normalized spacial score (nSPS) is 16.7. The highest BCUT2D eigenvalue weighted by molar-refractivity contribution is 5.62. The molecule has 0 saturated heterocycles. The summed E-state index contributed by atoms with van der Waals surface area (Å²) in [6.07, 6.45) is 4.97. The number of halogens is 1. The lowest BCUT2D eigenvalue weighted by molar-refractivity contribution is 0.205. The molecule has 3 rings (SSSR count). The van der Waals surface area contributed by atoms with Crippen molar-refractivity contribution in [2.75, 3.05) is 26.3 Å². The minimum atomic E-state index is -0.300. The van der Waals surface area contributed by atoms with Gasteiger partial charge in [-0.25, -0.2) is 4.58 Å². The number of allylic oxidation sites excluding steroid dienone is 1. The van der Waals surface area contributed by atoms with Crippen LogP contribution in [0.2, 0.25) is 0 Å². The average Bonchev–Trinajstić information content (AvgIpc) is 2.51. The van der Waals surface area contributed by atoms with Crippen molar-refractivity contribution in [3.8, 4) is 5.75 Å². The molecule has 0 fully saturated rings. The molecule has 0 atom stereocenters. The van der Waals surface area contributed by atoms with Crippen molar-refractivity contribution in [2.45, 2.75) is 25.7 Å². The van der Waals surface area contributed by atoms with Gasteiger partial charge in [0.15, 0.2) is 0 Å². The number of nitrogens with zero attached hydrogens (tertiary/aromatic N) is 1. The Bertz CT molecular complexity index is 725. The van der Waals surface area contributed by atoms with Crippen LogP contribution in [0.1, 0.15) is 24.8 Å². The predicted octanol–water partition coefficient (Wildman–Crippen LogP) is 0.775. The van der Waals surface area contributed by atoms with E-state index in [1.54, 1.807) is 6.08 Å². The second-order valence-electron chi connectivity index (χ2n) is 5.76.